The molecule has 1 saturated heterocycles. The van der Waals surface area contributed by atoms with E-state index in [1.54, 1.807) is 6.92 Å². The lowest BCUT2D eigenvalue weighted by Crippen LogP contribution is -2.29. The number of carbonyl (C=O) groups is 1. The maximum absolute atomic E-state index is 10.9. The number of nitrogens with zero attached hydrogens (tertiary/aromatic N) is 1. The molecular formula is C11H17NO2. The highest BCUT2D eigenvalue weighted by molar-refractivity contribution is 5.88. The number of carbonyl (C=O) groups excluding carboxylic acids is 1. The topological polar surface area (TPSA) is 29.5 Å². The van der Waals surface area contributed by atoms with Gasteiger partial charge in [0.05, 0.1) is 6.61 Å². The Labute approximate surface area is 85.4 Å². The van der Waals surface area contributed by atoms with Crippen molar-refractivity contribution < 1.29 is 9.53 Å². The van der Waals surface area contributed by atoms with E-state index in [0.29, 0.717) is 12.5 Å². The minimum absolute atomic E-state index is 0.371. The summed E-state index contributed by atoms with van der Waals surface area (Å²) < 4.78 is 4.73. The van der Waals surface area contributed by atoms with Crippen molar-refractivity contribution in [1.82, 2.24) is 4.90 Å². The van der Waals surface area contributed by atoms with Gasteiger partial charge < -0.3 is 9.64 Å². The normalized spacial score (nSPS) is 18.4. The molecule has 0 atom stereocenters. The third kappa shape index (κ3) is 3.80. The number of esters is 1. The van der Waals surface area contributed by atoms with E-state index >= 15 is 0 Å². The molecular weight excluding hydrogens is 178 g/mol. The van der Waals surface area contributed by atoms with Gasteiger partial charge >= 0.3 is 5.97 Å². The number of rotatable bonds is 1. The summed E-state index contributed by atoms with van der Waals surface area (Å²) in [5, 5.41) is 0. The monoisotopic (exact) mass is 195 g/mol. The maximum Gasteiger partial charge on any atom is 0.384 e. The van der Waals surface area contributed by atoms with Crippen molar-refractivity contribution in [2.24, 2.45) is 5.92 Å². The summed E-state index contributed by atoms with van der Waals surface area (Å²) in [7, 11) is 2.11. The van der Waals surface area contributed by atoms with Gasteiger partial charge in [-0.3, -0.25) is 0 Å². The molecule has 0 aromatic heterocycles. The van der Waals surface area contributed by atoms with E-state index in [1.807, 2.05) is 0 Å². The van der Waals surface area contributed by atoms with Gasteiger partial charge in [-0.1, -0.05) is 5.92 Å². The van der Waals surface area contributed by atoms with Gasteiger partial charge in [-0.25, -0.2) is 4.79 Å². The first-order valence-corrected chi connectivity index (χ1v) is 5.09. The molecule has 0 aromatic carbocycles. The second-order valence-corrected chi connectivity index (χ2v) is 3.57. The Morgan fingerprint density at radius 3 is 2.71 bits per heavy atom. The average Bonchev–Trinajstić information content (AvgIpc) is 2.17. The average molecular weight is 195 g/mol. The van der Waals surface area contributed by atoms with Crippen LogP contribution in [0.1, 0.15) is 19.8 Å². The van der Waals surface area contributed by atoms with E-state index in [0.717, 1.165) is 25.9 Å². The number of hydrogen-bond donors (Lipinski definition) is 0. The number of ether oxygens (including phenoxy) is 1. The Morgan fingerprint density at radius 1 is 1.50 bits per heavy atom. The molecule has 0 N–H and O–H groups in total. The van der Waals surface area contributed by atoms with Crippen LogP contribution in [0.3, 0.4) is 0 Å². The molecule has 0 radical (unpaired) electrons. The predicted octanol–water partition coefficient (Wildman–Crippen LogP) is 0.895. The lowest BCUT2D eigenvalue weighted by Gasteiger charge is -2.25. The van der Waals surface area contributed by atoms with E-state index in [4.69, 9.17) is 4.74 Å². The van der Waals surface area contributed by atoms with Gasteiger partial charge in [-0.2, -0.15) is 0 Å². The van der Waals surface area contributed by atoms with E-state index in [2.05, 4.69) is 23.8 Å². The Kier molecular flexibility index (Phi) is 4.48. The van der Waals surface area contributed by atoms with Crippen molar-refractivity contribution in [3.05, 3.63) is 0 Å². The molecule has 0 aromatic rings. The molecule has 1 rings (SSSR count). The van der Waals surface area contributed by atoms with Crippen molar-refractivity contribution in [2.75, 3.05) is 26.7 Å². The van der Waals surface area contributed by atoms with Gasteiger partial charge in [0, 0.05) is 11.8 Å². The molecule has 0 spiro atoms. The number of hydrogen-bond acceptors (Lipinski definition) is 3. The molecule has 78 valence electrons. The lowest BCUT2D eigenvalue weighted by atomic mass is 9.98. The minimum atomic E-state index is -0.397. The second-order valence-electron chi connectivity index (χ2n) is 3.57. The number of piperidine rings is 1. The molecule has 3 heteroatoms. The second kappa shape index (κ2) is 5.66. The first-order chi connectivity index (χ1) is 6.72. The van der Waals surface area contributed by atoms with Crippen LogP contribution in [0.25, 0.3) is 0 Å². The van der Waals surface area contributed by atoms with Crippen molar-refractivity contribution in [2.45, 2.75) is 19.8 Å². The maximum atomic E-state index is 10.9. The first-order valence-electron chi connectivity index (χ1n) is 5.09. The molecule has 0 saturated carbocycles. The molecule has 3 nitrogen and oxygen atoms in total. The highest BCUT2D eigenvalue weighted by atomic mass is 16.5. The van der Waals surface area contributed by atoms with Crippen molar-refractivity contribution in [3.8, 4) is 11.8 Å². The molecule has 1 aliphatic rings. The van der Waals surface area contributed by atoms with Crippen LogP contribution < -0.4 is 0 Å². The fourth-order valence-corrected chi connectivity index (χ4v) is 1.48. The standard InChI is InChI=1S/C11H17NO2/c1-3-14-11(13)5-4-10-6-8-12(2)9-7-10/h10H,3,6-9H2,1-2H3. The molecule has 1 heterocycles. The Balaban J connectivity index is 2.32. The number of likely N-dealkylation sites (tertiary alicyclic amines) is 1. The van der Waals surface area contributed by atoms with Crippen LogP contribution in [0.2, 0.25) is 0 Å². The van der Waals surface area contributed by atoms with Gasteiger partial charge in [-0.05, 0) is 39.9 Å². The zero-order valence-electron chi connectivity index (χ0n) is 8.88. The zero-order valence-corrected chi connectivity index (χ0v) is 8.88. The Morgan fingerprint density at radius 2 is 2.14 bits per heavy atom. The lowest BCUT2D eigenvalue weighted by molar-refractivity contribution is -0.136. The molecule has 1 aliphatic heterocycles. The van der Waals surface area contributed by atoms with Crippen LogP contribution >= 0.6 is 0 Å². The highest BCUT2D eigenvalue weighted by Gasteiger charge is 2.14. The van der Waals surface area contributed by atoms with Crippen molar-refractivity contribution in [3.63, 3.8) is 0 Å². The third-order valence-electron chi connectivity index (χ3n) is 2.37. The highest BCUT2D eigenvalue weighted by Crippen LogP contribution is 2.14. The fraction of sp³-hybridized carbons (Fsp3) is 0.727. The van der Waals surface area contributed by atoms with Crippen LogP contribution in [0.15, 0.2) is 0 Å². The van der Waals surface area contributed by atoms with E-state index in [-0.39, 0.29) is 0 Å². The predicted molar refractivity (Wildman–Crippen MR) is 54.6 cm³/mol. The summed E-state index contributed by atoms with van der Waals surface area (Å²) in [5.41, 5.74) is 0. The summed E-state index contributed by atoms with van der Waals surface area (Å²) in [6, 6.07) is 0. The van der Waals surface area contributed by atoms with Crippen LogP contribution in [0, 0.1) is 17.8 Å². The van der Waals surface area contributed by atoms with Crippen LogP contribution in [0.4, 0.5) is 0 Å². The summed E-state index contributed by atoms with van der Waals surface area (Å²) in [4.78, 5) is 13.2. The van der Waals surface area contributed by atoms with Gasteiger partial charge in [0.2, 0.25) is 0 Å². The van der Waals surface area contributed by atoms with Crippen molar-refractivity contribution in [1.29, 1.82) is 0 Å². The largest absolute Gasteiger partial charge is 0.456 e. The van der Waals surface area contributed by atoms with Gasteiger partial charge in [0.1, 0.15) is 0 Å². The smallest absolute Gasteiger partial charge is 0.384 e. The van der Waals surface area contributed by atoms with Crippen molar-refractivity contribution >= 4 is 5.97 Å². The summed E-state index contributed by atoms with van der Waals surface area (Å²) in [6.45, 7) is 4.33. The van der Waals surface area contributed by atoms with Crippen LogP contribution in [-0.4, -0.2) is 37.6 Å². The first kappa shape index (κ1) is 11.1. The van der Waals surface area contributed by atoms with E-state index in [9.17, 15) is 4.79 Å². The van der Waals surface area contributed by atoms with E-state index in [1.165, 1.54) is 0 Å². The minimum Gasteiger partial charge on any atom is -0.456 e. The SMILES string of the molecule is CCOC(=O)C#CC1CCN(C)CC1. The summed E-state index contributed by atoms with van der Waals surface area (Å²) in [5.74, 6) is 5.49. The fourth-order valence-electron chi connectivity index (χ4n) is 1.48. The van der Waals surface area contributed by atoms with Gasteiger partial charge in [0.15, 0.2) is 0 Å². The quantitative estimate of drug-likeness (QED) is 0.353. The third-order valence-corrected chi connectivity index (χ3v) is 2.37. The molecule has 0 aliphatic carbocycles. The molecule has 0 unspecified atom stereocenters. The van der Waals surface area contributed by atoms with Gasteiger partial charge in [0.25, 0.3) is 0 Å². The van der Waals surface area contributed by atoms with E-state index < -0.39 is 5.97 Å². The molecule has 14 heavy (non-hydrogen) atoms. The molecule has 1 fully saturated rings. The summed E-state index contributed by atoms with van der Waals surface area (Å²) >= 11 is 0. The van der Waals surface area contributed by atoms with Crippen LogP contribution in [0.5, 0.6) is 0 Å². The molecule has 0 amide bonds. The molecule has 0 bridgehead atoms. The summed E-state index contributed by atoms with van der Waals surface area (Å²) in [6.07, 6.45) is 2.12. The Bertz CT molecular complexity index is 244. The van der Waals surface area contributed by atoms with Gasteiger partial charge in [-0.15, -0.1) is 0 Å². The van der Waals surface area contributed by atoms with Crippen LogP contribution in [-0.2, 0) is 9.53 Å². The Hall–Kier alpha value is -1.01. The zero-order chi connectivity index (χ0) is 10.4.